The number of aromatic amines is 1. The molecule has 1 aromatic carbocycles. The highest BCUT2D eigenvalue weighted by Gasteiger charge is 2.22. The van der Waals surface area contributed by atoms with Crippen molar-refractivity contribution in [1.82, 2.24) is 14.9 Å². The highest BCUT2D eigenvalue weighted by Crippen LogP contribution is 2.34. The van der Waals surface area contributed by atoms with Gasteiger partial charge in [-0.2, -0.15) is 0 Å². The van der Waals surface area contributed by atoms with E-state index in [1.165, 1.54) is 0 Å². The van der Waals surface area contributed by atoms with E-state index in [1.807, 2.05) is 39.3 Å². The fourth-order valence-corrected chi connectivity index (χ4v) is 3.58. The van der Waals surface area contributed by atoms with Gasteiger partial charge in [-0.25, -0.2) is 9.37 Å². The lowest BCUT2D eigenvalue weighted by molar-refractivity contribution is 0.108. The number of rotatable bonds is 3. The lowest BCUT2D eigenvalue weighted by Crippen LogP contribution is -2.19. The lowest BCUT2D eigenvalue weighted by atomic mass is 9.91. The zero-order valence-electron chi connectivity index (χ0n) is 14.8. The first-order valence-electron chi connectivity index (χ1n) is 8.54. The minimum atomic E-state index is -0.129. The van der Waals surface area contributed by atoms with E-state index in [0.717, 1.165) is 45.4 Å². The zero-order valence-corrected chi connectivity index (χ0v) is 14.8. The second kappa shape index (κ2) is 6.24. The predicted molar refractivity (Wildman–Crippen MR) is 97.0 cm³/mol. The smallest absolute Gasteiger partial charge is 0.137 e. The third-order valence-corrected chi connectivity index (χ3v) is 4.85. The lowest BCUT2D eigenvalue weighted by Gasteiger charge is -2.24. The molecule has 0 aliphatic carbocycles. The second-order valence-electron chi connectivity index (χ2n) is 6.99. The first kappa shape index (κ1) is 16.2. The average molecular weight is 339 g/mol. The minimum absolute atomic E-state index is 0.129. The molecule has 0 unspecified atom stereocenters. The van der Waals surface area contributed by atoms with Gasteiger partial charge in [0.2, 0.25) is 0 Å². The van der Waals surface area contributed by atoms with Gasteiger partial charge in [-0.3, -0.25) is 0 Å². The van der Waals surface area contributed by atoms with Crippen LogP contribution in [0.25, 0.3) is 22.2 Å². The molecule has 0 radical (unpaired) electrons. The summed E-state index contributed by atoms with van der Waals surface area (Å²) < 4.78 is 20.9. The van der Waals surface area contributed by atoms with Crippen LogP contribution in [0, 0.1) is 12.7 Å². The van der Waals surface area contributed by atoms with Crippen molar-refractivity contribution >= 4 is 11.0 Å². The molecule has 0 fully saturated rings. The van der Waals surface area contributed by atoms with Crippen LogP contribution >= 0.6 is 0 Å². The van der Waals surface area contributed by atoms with Gasteiger partial charge in [0, 0.05) is 35.5 Å². The number of ether oxygens (including phenoxy) is 1. The molecule has 0 amide bonds. The molecule has 1 aliphatic heterocycles. The summed E-state index contributed by atoms with van der Waals surface area (Å²) in [6.45, 7) is 3.85. The molecule has 2 aromatic heterocycles. The number of hydrogen-bond donors (Lipinski definition) is 1. The quantitative estimate of drug-likeness (QED) is 0.789. The molecule has 130 valence electrons. The third kappa shape index (κ3) is 2.83. The van der Waals surface area contributed by atoms with E-state index < -0.39 is 0 Å². The van der Waals surface area contributed by atoms with E-state index in [-0.39, 0.29) is 5.82 Å². The van der Waals surface area contributed by atoms with Gasteiger partial charge in [0.15, 0.2) is 0 Å². The summed E-state index contributed by atoms with van der Waals surface area (Å²) in [6.07, 6.45) is 4.30. The maximum absolute atomic E-state index is 15.3. The Hall–Kier alpha value is -2.24. The monoisotopic (exact) mass is 339 g/mol. The number of pyridine rings is 1. The van der Waals surface area contributed by atoms with Crippen molar-refractivity contribution in [2.75, 3.05) is 20.7 Å². The number of H-pyrrole nitrogens is 1. The number of aromatic nitrogens is 2. The van der Waals surface area contributed by atoms with Crippen LogP contribution in [0.3, 0.4) is 0 Å². The summed E-state index contributed by atoms with van der Waals surface area (Å²) in [5, 5.41) is 1.03. The van der Waals surface area contributed by atoms with Crippen molar-refractivity contribution in [2.24, 2.45) is 0 Å². The van der Waals surface area contributed by atoms with Gasteiger partial charge in [0.05, 0.1) is 13.2 Å². The van der Waals surface area contributed by atoms with Crippen LogP contribution in [0.5, 0.6) is 0 Å². The molecule has 3 heterocycles. The normalized spacial score (nSPS) is 14.3. The van der Waals surface area contributed by atoms with E-state index in [1.54, 1.807) is 6.20 Å². The van der Waals surface area contributed by atoms with Crippen molar-refractivity contribution in [1.29, 1.82) is 0 Å². The molecule has 1 N–H and O–H groups in total. The molecule has 5 heteroatoms. The van der Waals surface area contributed by atoms with Crippen molar-refractivity contribution < 1.29 is 9.13 Å². The first-order valence-corrected chi connectivity index (χ1v) is 8.54. The van der Waals surface area contributed by atoms with Gasteiger partial charge < -0.3 is 14.6 Å². The number of aryl methyl sites for hydroxylation is 1. The maximum atomic E-state index is 15.3. The fraction of sp³-hybridized carbons (Fsp3) is 0.350. The van der Waals surface area contributed by atoms with Crippen LogP contribution in [0.1, 0.15) is 22.3 Å². The molecule has 0 spiro atoms. The van der Waals surface area contributed by atoms with Gasteiger partial charge in [0.1, 0.15) is 11.5 Å². The molecular formula is C20H22FN3O. The Kier molecular flexibility index (Phi) is 4.06. The molecule has 0 atom stereocenters. The Labute approximate surface area is 146 Å². The van der Waals surface area contributed by atoms with Gasteiger partial charge in [-0.1, -0.05) is 0 Å². The van der Waals surface area contributed by atoms with Crippen LogP contribution in [0.15, 0.2) is 24.5 Å². The number of hydrogen-bond acceptors (Lipinski definition) is 3. The summed E-state index contributed by atoms with van der Waals surface area (Å²) >= 11 is 0. The molecule has 0 bridgehead atoms. The molecule has 0 saturated carbocycles. The molecule has 4 nitrogen and oxygen atoms in total. The average Bonchev–Trinajstić information content (AvgIpc) is 2.98. The highest BCUT2D eigenvalue weighted by atomic mass is 19.1. The van der Waals surface area contributed by atoms with E-state index in [2.05, 4.69) is 14.9 Å². The topological polar surface area (TPSA) is 41.2 Å². The Morgan fingerprint density at radius 2 is 2.12 bits per heavy atom. The maximum Gasteiger partial charge on any atom is 0.137 e. The second-order valence-corrected chi connectivity index (χ2v) is 6.99. The Balaban J connectivity index is 1.91. The molecule has 1 aliphatic rings. The van der Waals surface area contributed by atoms with Gasteiger partial charge >= 0.3 is 0 Å². The molecular weight excluding hydrogens is 317 g/mol. The zero-order chi connectivity index (χ0) is 17.6. The Morgan fingerprint density at radius 1 is 1.28 bits per heavy atom. The largest absolute Gasteiger partial charge is 0.376 e. The molecule has 4 rings (SSSR count). The summed E-state index contributed by atoms with van der Waals surface area (Å²) in [7, 11) is 4.05. The van der Waals surface area contributed by atoms with E-state index in [9.17, 15) is 0 Å². The SMILES string of the molecule is Cc1c[nH]c2ncc(-c3cc(CN(C)C)c4c(c3F)CCOC4)cc12. The van der Waals surface area contributed by atoms with Gasteiger partial charge in [-0.15, -0.1) is 0 Å². The van der Waals surface area contributed by atoms with E-state index >= 15 is 4.39 Å². The number of halogens is 1. The molecule has 0 saturated heterocycles. The van der Waals surface area contributed by atoms with Crippen LogP contribution in [-0.4, -0.2) is 35.6 Å². The van der Waals surface area contributed by atoms with Gasteiger partial charge in [-0.05, 0) is 61.8 Å². The minimum Gasteiger partial charge on any atom is -0.376 e. The number of fused-ring (bicyclic) bond motifs is 2. The van der Waals surface area contributed by atoms with E-state index in [4.69, 9.17) is 4.74 Å². The summed E-state index contributed by atoms with van der Waals surface area (Å²) in [5.41, 5.74) is 6.34. The van der Waals surface area contributed by atoms with E-state index in [0.29, 0.717) is 25.2 Å². The van der Waals surface area contributed by atoms with Crippen LogP contribution < -0.4 is 0 Å². The standard InChI is InChI=1S/C20H22FN3O/c1-12-8-22-20-16(12)6-13(9-23-20)17-7-14(10-24(2)3)18-11-25-5-4-15(18)19(17)21/h6-9H,4-5,10-11H2,1-3H3,(H,22,23). The summed E-state index contributed by atoms with van der Waals surface area (Å²) in [4.78, 5) is 9.71. The van der Waals surface area contributed by atoms with Crippen molar-refractivity contribution in [3.63, 3.8) is 0 Å². The van der Waals surface area contributed by atoms with Crippen LogP contribution in [0.4, 0.5) is 4.39 Å². The van der Waals surface area contributed by atoms with Crippen LogP contribution in [-0.2, 0) is 24.3 Å². The van der Waals surface area contributed by atoms with Crippen molar-refractivity contribution in [2.45, 2.75) is 26.5 Å². The van der Waals surface area contributed by atoms with Crippen LogP contribution in [0.2, 0.25) is 0 Å². The predicted octanol–water partition coefficient (Wildman–Crippen LogP) is 3.81. The Bertz CT molecular complexity index is 946. The number of benzene rings is 1. The number of nitrogens with zero attached hydrogens (tertiary/aromatic N) is 2. The van der Waals surface area contributed by atoms with Crippen molar-refractivity contribution in [3.8, 4) is 11.1 Å². The summed E-state index contributed by atoms with van der Waals surface area (Å²) in [6, 6.07) is 3.99. The molecule has 3 aromatic rings. The van der Waals surface area contributed by atoms with Gasteiger partial charge in [0.25, 0.3) is 0 Å². The first-order chi connectivity index (χ1) is 12.0. The highest BCUT2D eigenvalue weighted by molar-refractivity contribution is 5.84. The Morgan fingerprint density at radius 3 is 2.92 bits per heavy atom. The summed E-state index contributed by atoms with van der Waals surface area (Å²) in [5.74, 6) is -0.129. The third-order valence-electron chi connectivity index (χ3n) is 4.85. The molecule has 25 heavy (non-hydrogen) atoms. The number of nitrogens with one attached hydrogen (secondary N) is 1. The van der Waals surface area contributed by atoms with Crippen molar-refractivity contribution in [3.05, 3.63) is 52.6 Å². The fourth-order valence-electron chi connectivity index (χ4n) is 3.58.